The number of methoxy groups -OCH3 is 2. The molecule has 1 fully saturated rings. The number of ether oxygens (including phenoxy) is 4. The van der Waals surface area contributed by atoms with E-state index >= 15 is 0 Å². The van der Waals surface area contributed by atoms with Gasteiger partial charge in [-0.1, -0.05) is 23.7 Å². The zero-order chi connectivity index (χ0) is 29.0. The Balaban J connectivity index is 1.60. The fraction of sp³-hybridized carbons (Fsp3) is 0.300. The van der Waals surface area contributed by atoms with E-state index in [0.29, 0.717) is 51.7 Å². The number of nitrogens with zero attached hydrogens (tertiary/aromatic N) is 3. The van der Waals surface area contributed by atoms with Crippen LogP contribution in [0, 0.1) is 6.92 Å². The summed E-state index contributed by atoms with van der Waals surface area (Å²) in [5.74, 6) is 1.94. The molecule has 0 N–H and O–H groups in total. The summed E-state index contributed by atoms with van der Waals surface area (Å²) in [5.41, 5.74) is 1.94. The highest BCUT2D eigenvalue weighted by molar-refractivity contribution is 7.89. The number of aromatic nitrogens is 2. The average molecular weight is 598 g/mol. The van der Waals surface area contributed by atoms with Gasteiger partial charge in [-0.15, -0.1) is 0 Å². The van der Waals surface area contributed by atoms with Crippen molar-refractivity contribution in [1.82, 2.24) is 14.1 Å². The third-order valence-corrected chi connectivity index (χ3v) is 9.02. The van der Waals surface area contributed by atoms with E-state index in [-0.39, 0.29) is 24.1 Å². The minimum atomic E-state index is -3.93. The van der Waals surface area contributed by atoms with Crippen LogP contribution in [-0.2, 0) is 21.3 Å². The third kappa shape index (κ3) is 6.36. The van der Waals surface area contributed by atoms with Crippen molar-refractivity contribution in [3.05, 3.63) is 89.1 Å². The summed E-state index contributed by atoms with van der Waals surface area (Å²) in [5, 5.41) is 5.34. The van der Waals surface area contributed by atoms with Crippen LogP contribution in [0.15, 0.2) is 77.7 Å². The van der Waals surface area contributed by atoms with Gasteiger partial charge >= 0.3 is 0 Å². The van der Waals surface area contributed by atoms with Gasteiger partial charge in [0.05, 0.1) is 42.2 Å². The molecule has 0 amide bonds. The minimum absolute atomic E-state index is 0.0120. The second kappa shape index (κ2) is 12.5. The molecule has 1 aromatic heterocycles. The molecule has 0 spiro atoms. The van der Waals surface area contributed by atoms with E-state index < -0.39 is 10.0 Å². The number of para-hydroxylation sites is 2. The molecule has 0 aliphatic carbocycles. The lowest BCUT2D eigenvalue weighted by molar-refractivity contribution is 0.0924. The standard InChI is InChI=1S/C30H32ClN3O6S/c1-21-27(20-33(19-25-7-6-18-39-25)41(35,36)26-16-14-24(37-2)15-17-26)30(40-29-9-5-4-8-28(29)38-3)34(32-21)23-12-10-22(31)11-13-23/h4-5,8-17,25H,6-7,18-20H2,1-3H3/t25-/m1/s1. The van der Waals surface area contributed by atoms with Crippen LogP contribution in [0.1, 0.15) is 24.1 Å². The second-order valence-electron chi connectivity index (χ2n) is 9.62. The maximum absolute atomic E-state index is 14.0. The summed E-state index contributed by atoms with van der Waals surface area (Å²) in [6.45, 7) is 2.64. The van der Waals surface area contributed by atoms with E-state index in [2.05, 4.69) is 0 Å². The van der Waals surface area contributed by atoms with Crippen molar-refractivity contribution in [3.63, 3.8) is 0 Å². The Morgan fingerprint density at radius 2 is 1.71 bits per heavy atom. The van der Waals surface area contributed by atoms with Gasteiger partial charge in [0.15, 0.2) is 11.5 Å². The van der Waals surface area contributed by atoms with Crippen LogP contribution in [0.2, 0.25) is 5.02 Å². The molecule has 4 aromatic rings. The Morgan fingerprint density at radius 1 is 1.00 bits per heavy atom. The first-order valence-electron chi connectivity index (χ1n) is 13.2. The van der Waals surface area contributed by atoms with Crippen LogP contribution in [0.5, 0.6) is 23.1 Å². The monoisotopic (exact) mass is 597 g/mol. The zero-order valence-corrected chi connectivity index (χ0v) is 24.7. The molecular formula is C30H32ClN3O6S. The van der Waals surface area contributed by atoms with Crippen LogP contribution in [0.4, 0.5) is 0 Å². The van der Waals surface area contributed by atoms with Crippen molar-refractivity contribution in [2.75, 3.05) is 27.4 Å². The van der Waals surface area contributed by atoms with Crippen molar-refractivity contribution in [2.45, 2.75) is 37.3 Å². The van der Waals surface area contributed by atoms with E-state index in [1.54, 1.807) is 60.3 Å². The molecular weight excluding hydrogens is 566 g/mol. The van der Waals surface area contributed by atoms with E-state index in [0.717, 1.165) is 12.8 Å². The van der Waals surface area contributed by atoms with Gasteiger partial charge in [0, 0.05) is 24.7 Å². The van der Waals surface area contributed by atoms with Gasteiger partial charge in [0.2, 0.25) is 15.9 Å². The molecule has 1 aliphatic rings. The van der Waals surface area contributed by atoms with Crippen LogP contribution >= 0.6 is 11.6 Å². The van der Waals surface area contributed by atoms with Crippen molar-refractivity contribution < 1.29 is 27.4 Å². The van der Waals surface area contributed by atoms with Crippen molar-refractivity contribution in [3.8, 4) is 28.8 Å². The molecule has 1 saturated heterocycles. The molecule has 11 heteroatoms. The summed E-state index contributed by atoms with van der Waals surface area (Å²) < 4.78 is 54.3. The highest BCUT2D eigenvalue weighted by atomic mass is 35.5. The number of sulfonamides is 1. The molecule has 2 heterocycles. The summed E-state index contributed by atoms with van der Waals surface area (Å²) >= 11 is 6.15. The first-order chi connectivity index (χ1) is 19.8. The van der Waals surface area contributed by atoms with Crippen molar-refractivity contribution in [2.24, 2.45) is 0 Å². The quantitative estimate of drug-likeness (QED) is 0.209. The number of benzene rings is 3. The summed E-state index contributed by atoms with van der Waals surface area (Å²) in [6.07, 6.45) is 1.45. The lowest BCUT2D eigenvalue weighted by Crippen LogP contribution is -2.37. The van der Waals surface area contributed by atoms with E-state index in [1.165, 1.54) is 11.4 Å². The number of hydrogen-bond donors (Lipinski definition) is 0. The lowest BCUT2D eigenvalue weighted by atomic mass is 10.2. The van der Waals surface area contributed by atoms with E-state index in [4.69, 9.17) is 35.6 Å². The smallest absolute Gasteiger partial charge is 0.243 e. The molecule has 0 radical (unpaired) electrons. The second-order valence-corrected chi connectivity index (χ2v) is 12.0. The lowest BCUT2D eigenvalue weighted by Gasteiger charge is -2.25. The van der Waals surface area contributed by atoms with Gasteiger partial charge in [-0.05, 0) is 80.4 Å². The maximum Gasteiger partial charge on any atom is 0.243 e. The predicted molar refractivity (Wildman–Crippen MR) is 156 cm³/mol. The van der Waals surface area contributed by atoms with E-state index in [1.807, 2.05) is 31.2 Å². The largest absolute Gasteiger partial charge is 0.497 e. The average Bonchev–Trinajstić information content (AvgIpc) is 3.61. The Labute approximate surface area is 245 Å². The molecule has 1 atom stereocenters. The number of halogens is 1. The Kier molecular flexibility index (Phi) is 8.84. The fourth-order valence-electron chi connectivity index (χ4n) is 4.73. The highest BCUT2D eigenvalue weighted by Crippen LogP contribution is 2.37. The van der Waals surface area contributed by atoms with Crippen molar-refractivity contribution in [1.29, 1.82) is 0 Å². The summed E-state index contributed by atoms with van der Waals surface area (Å²) in [6, 6.07) is 20.8. The molecule has 5 rings (SSSR count). The Bertz CT molecular complexity index is 1580. The van der Waals surface area contributed by atoms with Crippen molar-refractivity contribution >= 4 is 21.6 Å². The Morgan fingerprint density at radius 3 is 2.34 bits per heavy atom. The van der Waals surface area contributed by atoms with Crippen LogP contribution in [0.3, 0.4) is 0 Å². The SMILES string of the molecule is COc1ccc(S(=O)(=O)N(Cc2c(C)nn(-c3ccc(Cl)cc3)c2Oc2ccccc2OC)C[C@H]2CCCO2)cc1. The normalized spacial score (nSPS) is 15.3. The minimum Gasteiger partial charge on any atom is -0.497 e. The van der Waals surface area contributed by atoms with Crippen LogP contribution < -0.4 is 14.2 Å². The Hall–Kier alpha value is -3.57. The topological polar surface area (TPSA) is 92.1 Å². The third-order valence-electron chi connectivity index (χ3n) is 6.95. The number of aryl methyl sites for hydroxylation is 1. The first kappa shape index (κ1) is 28.9. The van der Waals surface area contributed by atoms with Gasteiger partial charge in [-0.25, -0.2) is 13.1 Å². The molecule has 3 aromatic carbocycles. The molecule has 0 saturated carbocycles. The molecule has 1 aliphatic heterocycles. The van der Waals surface area contributed by atoms with Gasteiger partial charge in [0.25, 0.3) is 0 Å². The molecule has 0 bridgehead atoms. The summed E-state index contributed by atoms with van der Waals surface area (Å²) in [4.78, 5) is 0.159. The number of hydrogen-bond acceptors (Lipinski definition) is 7. The molecule has 0 unspecified atom stereocenters. The van der Waals surface area contributed by atoms with E-state index in [9.17, 15) is 8.42 Å². The molecule has 216 valence electrons. The fourth-order valence-corrected chi connectivity index (χ4v) is 6.29. The van der Waals surface area contributed by atoms with Gasteiger partial charge in [0.1, 0.15) is 5.75 Å². The maximum atomic E-state index is 14.0. The van der Waals surface area contributed by atoms with Gasteiger partial charge in [-0.3, -0.25) is 0 Å². The molecule has 9 nitrogen and oxygen atoms in total. The first-order valence-corrected chi connectivity index (χ1v) is 15.0. The van der Waals surface area contributed by atoms with Crippen LogP contribution in [-0.4, -0.2) is 56.0 Å². The van der Waals surface area contributed by atoms with Crippen LogP contribution in [0.25, 0.3) is 5.69 Å². The molecule has 41 heavy (non-hydrogen) atoms. The summed E-state index contributed by atoms with van der Waals surface area (Å²) in [7, 11) is -0.824. The zero-order valence-electron chi connectivity index (χ0n) is 23.1. The number of rotatable bonds is 11. The van der Waals surface area contributed by atoms with Gasteiger partial charge in [-0.2, -0.15) is 9.40 Å². The highest BCUT2D eigenvalue weighted by Gasteiger charge is 2.32. The van der Waals surface area contributed by atoms with Gasteiger partial charge < -0.3 is 18.9 Å². The predicted octanol–water partition coefficient (Wildman–Crippen LogP) is 6.01.